The molecule has 26 heavy (non-hydrogen) atoms. The second kappa shape index (κ2) is 7.34. The van der Waals surface area contributed by atoms with Crippen molar-refractivity contribution >= 4 is 27.6 Å². The van der Waals surface area contributed by atoms with Crippen molar-refractivity contribution in [2.24, 2.45) is 5.92 Å². The summed E-state index contributed by atoms with van der Waals surface area (Å²) < 4.78 is 41.4. The average molecular weight is 398 g/mol. The Hall–Kier alpha value is -1.96. The number of sulfonamides is 1. The molecule has 8 heteroatoms. The summed E-state index contributed by atoms with van der Waals surface area (Å²) in [6.45, 7) is 0.174. The normalized spacial score (nSPS) is 16.5. The molecule has 1 aliphatic rings. The summed E-state index contributed by atoms with van der Waals surface area (Å²) in [6, 6.07) is 8.78. The van der Waals surface area contributed by atoms with E-state index in [2.05, 4.69) is 4.72 Å². The van der Waals surface area contributed by atoms with Gasteiger partial charge in [-0.3, -0.25) is 4.79 Å². The highest BCUT2D eigenvalue weighted by atomic mass is 35.5. The molecule has 0 amide bonds. The van der Waals surface area contributed by atoms with Crippen LogP contribution >= 0.6 is 11.6 Å². The highest BCUT2D eigenvalue weighted by Crippen LogP contribution is 2.30. The van der Waals surface area contributed by atoms with Crippen LogP contribution in [0.5, 0.6) is 0 Å². The third-order valence-corrected chi connectivity index (χ3v) is 6.08. The van der Waals surface area contributed by atoms with Crippen molar-refractivity contribution in [1.82, 2.24) is 4.72 Å². The number of fused-ring (bicyclic) bond motifs is 1. The van der Waals surface area contributed by atoms with Gasteiger partial charge in [0.1, 0.15) is 5.82 Å². The fourth-order valence-corrected chi connectivity index (χ4v) is 4.43. The summed E-state index contributed by atoms with van der Waals surface area (Å²) in [6.07, 6.45) is 0.679. The van der Waals surface area contributed by atoms with E-state index in [9.17, 15) is 17.6 Å². The maximum Gasteiger partial charge on any atom is 0.307 e. The van der Waals surface area contributed by atoms with Crippen LogP contribution in [0.1, 0.15) is 16.7 Å². The van der Waals surface area contributed by atoms with E-state index in [0.29, 0.717) is 29.0 Å². The first-order valence-corrected chi connectivity index (χ1v) is 9.88. The SMILES string of the molecule is O=C(O)Cc1cc(F)c2c(c1)CC(CNS(=O)(=O)c1ccc(Cl)cc1)C2. The van der Waals surface area contributed by atoms with Crippen LogP contribution in [0.25, 0.3) is 0 Å². The Bertz CT molecular complexity index is 944. The molecule has 1 unspecified atom stereocenters. The van der Waals surface area contributed by atoms with Crippen molar-refractivity contribution in [1.29, 1.82) is 0 Å². The second-order valence-corrected chi connectivity index (χ2v) is 8.57. The molecule has 0 saturated carbocycles. The number of carbonyl (C=O) groups is 1. The fraction of sp³-hybridized carbons (Fsp3) is 0.278. The zero-order valence-electron chi connectivity index (χ0n) is 13.7. The molecular weight excluding hydrogens is 381 g/mol. The van der Waals surface area contributed by atoms with Crippen molar-refractivity contribution in [3.8, 4) is 0 Å². The Morgan fingerprint density at radius 3 is 2.58 bits per heavy atom. The van der Waals surface area contributed by atoms with E-state index in [0.717, 1.165) is 5.56 Å². The molecule has 5 nitrogen and oxygen atoms in total. The standard InChI is InChI=1S/C18H17ClFNO4S/c19-14-1-3-15(4-2-14)26(24,25)21-10-12-6-13-5-11(9-18(22)23)8-17(20)16(13)7-12/h1-5,8,12,21H,6-7,9-10H2,(H,22,23). The van der Waals surface area contributed by atoms with Crippen molar-refractivity contribution in [2.45, 2.75) is 24.2 Å². The van der Waals surface area contributed by atoms with E-state index in [1.54, 1.807) is 6.07 Å². The Balaban J connectivity index is 1.68. The minimum atomic E-state index is -3.67. The van der Waals surface area contributed by atoms with E-state index in [-0.39, 0.29) is 23.8 Å². The maximum absolute atomic E-state index is 14.2. The Kier molecular flexibility index (Phi) is 5.32. The van der Waals surface area contributed by atoms with Crippen LogP contribution in [-0.4, -0.2) is 26.0 Å². The van der Waals surface area contributed by atoms with Gasteiger partial charge >= 0.3 is 5.97 Å². The third kappa shape index (κ3) is 4.23. The number of benzene rings is 2. The summed E-state index contributed by atoms with van der Waals surface area (Å²) in [5.41, 5.74) is 1.70. The van der Waals surface area contributed by atoms with Crippen molar-refractivity contribution in [3.63, 3.8) is 0 Å². The van der Waals surface area contributed by atoms with Crippen LogP contribution in [0, 0.1) is 11.7 Å². The van der Waals surface area contributed by atoms with E-state index < -0.39 is 21.8 Å². The quantitative estimate of drug-likeness (QED) is 0.785. The Morgan fingerprint density at radius 1 is 1.23 bits per heavy atom. The summed E-state index contributed by atoms with van der Waals surface area (Å²) in [5, 5.41) is 9.30. The van der Waals surface area contributed by atoms with Crippen molar-refractivity contribution in [3.05, 3.63) is 63.9 Å². The third-order valence-electron chi connectivity index (χ3n) is 4.39. The number of hydrogen-bond donors (Lipinski definition) is 2. The molecule has 0 aromatic heterocycles. The summed E-state index contributed by atoms with van der Waals surface area (Å²) >= 11 is 5.77. The predicted molar refractivity (Wildman–Crippen MR) is 95.3 cm³/mol. The smallest absolute Gasteiger partial charge is 0.307 e. The lowest BCUT2D eigenvalue weighted by Crippen LogP contribution is -2.29. The van der Waals surface area contributed by atoms with Gasteiger partial charge in [0, 0.05) is 11.6 Å². The lowest BCUT2D eigenvalue weighted by molar-refractivity contribution is -0.136. The fourth-order valence-electron chi connectivity index (χ4n) is 3.18. The number of aliphatic carboxylic acids is 1. The van der Waals surface area contributed by atoms with Gasteiger partial charge in [0.2, 0.25) is 10.0 Å². The number of rotatable bonds is 6. The predicted octanol–water partition coefficient (Wildman–Crippen LogP) is 2.80. The zero-order valence-corrected chi connectivity index (χ0v) is 15.3. The first kappa shape index (κ1) is 18.8. The minimum Gasteiger partial charge on any atom is -0.481 e. The molecular formula is C18H17ClFNO4S. The molecule has 0 heterocycles. The van der Waals surface area contributed by atoms with Crippen molar-refractivity contribution in [2.75, 3.05) is 6.54 Å². The maximum atomic E-state index is 14.2. The molecule has 0 radical (unpaired) electrons. The molecule has 2 N–H and O–H groups in total. The number of hydrogen-bond acceptors (Lipinski definition) is 3. The summed E-state index contributed by atoms with van der Waals surface area (Å²) in [5.74, 6) is -1.53. The minimum absolute atomic E-state index is 0.0818. The highest BCUT2D eigenvalue weighted by molar-refractivity contribution is 7.89. The van der Waals surface area contributed by atoms with E-state index in [4.69, 9.17) is 16.7 Å². The average Bonchev–Trinajstić information content (AvgIpc) is 2.96. The van der Waals surface area contributed by atoms with Gasteiger partial charge in [-0.2, -0.15) is 0 Å². The monoisotopic (exact) mass is 397 g/mol. The lowest BCUT2D eigenvalue weighted by atomic mass is 10.0. The lowest BCUT2D eigenvalue weighted by Gasteiger charge is -2.11. The van der Waals surface area contributed by atoms with Gasteiger partial charge in [-0.05, 0) is 65.8 Å². The molecule has 2 aromatic rings. The molecule has 2 aromatic carbocycles. The van der Waals surface area contributed by atoms with Gasteiger partial charge in [-0.25, -0.2) is 17.5 Å². The molecule has 0 bridgehead atoms. The number of carboxylic acid groups (broad SMARTS) is 1. The van der Waals surface area contributed by atoms with E-state index in [1.807, 2.05) is 0 Å². The van der Waals surface area contributed by atoms with Crippen molar-refractivity contribution < 1.29 is 22.7 Å². The van der Waals surface area contributed by atoms with Gasteiger partial charge in [-0.1, -0.05) is 17.7 Å². The molecule has 3 rings (SSSR count). The van der Waals surface area contributed by atoms with Gasteiger partial charge in [0.15, 0.2) is 0 Å². The van der Waals surface area contributed by atoms with Gasteiger partial charge in [0.05, 0.1) is 11.3 Å². The zero-order chi connectivity index (χ0) is 18.9. The number of carboxylic acids is 1. The van der Waals surface area contributed by atoms with Crippen LogP contribution in [-0.2, 0) is 34.1 Å². The first-order valence-electron chi connectivity index (χ1n) is 8.02. The summed E-state index contributed by atoms with van der Waals surface area (Å²) in [4.78, 5) is 10.9. The summed E-state index contributed by atoms with van der Waals surface area (Å²) in [7, 11) is -3.67. The molecule has 1 aliphatic carbocycles. The first-order chi connectivity index (χ1) is 12.2. The number of nitrogens with one attached hydrogen (secondary N) is 1. The van der Waals surface area contributed by atoms with Crippen LogP contribution in [0.4, 0.5) is 4.39 Å². The Labute approximate surface area is 155 Å². The number of halogens is 2. The second-order valence-electron chi connectivity index (χ2n) is 6.37. The van der Waals surface area contributed by atoms with Crippen LogP contribution in [0.3, 0.4) is 0 Å². The topological polar surface area (TPSA) is 83.5 Å². The molecule has 1 atom stereocenters. The van der Waals surface area contributed by atoms with Crippen LogP contribution in [0.2, 0.25) is 5.02 Å². The Morgan fingerprint density at radius 2 is 1.92 bits per heavy atom. The molecule has 0 spiro atoms. The van der Waals surface area contributed by atoms with Gasteiger partial charge in [0.25, 0.3) is 0 Å². The molecule has 138 valence electrons. The highest BCUT2D eigenvalue weighted by Gasteiger charge is 2.27. The molecule has 0 fully saturated rings. The molecule has 0 saturated heterocycles. The van der Waals surface area contributed by atoms with Crippen LogP contribution in [0.15, 0.2) is 41.3 Å². The largest absolute Gasteiger partial charge is 0.481 e. The molecule has 0 aliphatic heterocycles. The van der Waals surface area contributed by atoms with Gasteiger partial charge < -0.3 is 5.11 Å². The van der Waals surface area contributed by atoms with Gasteiger partial charge in [-0.15, -0.1) is 0 Å². The van der Waals surface area contributed by atoms with E-state index >= 15 is 0 Å². The van der Waals surface area contributed by atoms with E-state index in [1.165, 1.54) is 30.3 Å². The van der Waals surface area contributed by atoms with Crippen LogP contribution < -0.4 is 4.72 Å².